The van der Waals surface area contributed by atoms with Crippen molar-refractivity contribution in [2.75, 3.05) is 11.5 Å². The Morgan fingerprint density at radius 3 is 2.19 bits per heavy atom. The van der Waals surface area contributed by atoms with Crippen LogP contribution in [0.15, 0.2) is 63.7 Å². The van der Waals surface area contributed by atoms with Crippen molar-refractivity contribution in [2.24, 2.45) is 10.2 Å². The minimum Gasteiger partial charge on any atom is -0.744 e. The molecule has 26 heavy (non-hydrogen) atoms. The van der Waals surface area contributed by atoms with Gasteiger partial charge in [0.2, 0.25) is 0 Å². The van der Waals surface area contributed by atoms with Gasteiger partial charge in [-0.1, -0.05) is 6.07 Å². The van der Waals surface area contributed by atoms with Gasteiger partial charge in [-0.2, -0.15) is 5.11 Å². The number of benzene rings is 3. The molecule has 128 valence electrons. The number of nitrogen functional groups attached to an aromatic ring is 2. The minimum atomic E-state index is -4.72. The number of azo groups is 1. The molecule has 0 aliphatic rings. The number of hydrogen-bond acceptors (Lipinski definition) is 8. The summed E-state index contributed by atoms with van der Waals surface area (Å²) < 4.78 is 34.1. The summed E-state index contributed by atoms with van der Waals surface area (Å²) in [7, 11) is -4.72. The van der Waals surface area contributed by atoms with E-state index in [1.807, 2.05) is 0 Å². The predicted octanol–water partition coefficient (Wildman–Crippen LogP) is 0.0333. The van der Waals surface area contributed by atoms with E-state index in [0.717, 1.165) is 6.07 Å². The van der Waals surface area contributed by atoms with E-state index in [2.05, 4.69) is 10.2 Å². The zero-order valence-electron chi connectivity index (χ0n) is 13.7. The van der Waals surface area contributed by atoms with Crippen LogP contribution in [0.25, 0.3) is 10.8 Å². The molecule has 0 spiro atoms. The Kier molecular flexibility index (Phi) is 5.89. The summed E-state index contributed by atoms with van der Waals surface area (Å²) in [5, 5.41) is 18.4. The molecule has 0 fully saturated rings. The quantitative estimate of drug-likeness (QED) is 0.252. The molecule has 0 aliphatic heterocycles. The first-order valence-corrected chi connectivity index (χ1v) is 8.45. The Morgan fingerprint density at radius 1 is 0.923 bits per heavy atom. The standard InChI is InChI=1S/C16H14N4O4S.Na/c17-9-1-3-10(4-2-9)19-20-13-7-5-11-14(25(22,23)24)8-6-12(18)15(11)16(13)21;/h1-8,21H,17-18H2,(H,22,23,24);/q;+1/p-1. The van der Waals surface area contributed by atoms with Gasteiger partial charge in [0.05, 0.1) is 16.0 Å². The van der Waals surface area contributed by atoms with Crippen LogP contribution in [0.3, 0.4) is 0 Å². The maximum atomic E-state index is 11.4. The number of nitrogens with zero attached hydrogens (tertiary/aromatic N) is 2. The van der Waals surface area contributed by atoms with Crippen LogP contribution in [-0.4, -0.2) is 18.1 Å². The Bertz CT molecular complexity index is 1100. The molecule has 0 heterocycles. The van der Waals surface area contributed by atoms with Crippen LogP contribution >= 0.6 is 0 Å². The fourth-order valence-corrected chi connectivity index (χ4v) is 3.04. The van der Waals surface area contributed by atoms with E-state index < -0.39 is 15.0 Å². The van der Waals surface area contributed by atoms with Crippen molar-refractivity contribution in [3.63, 3.8) is 0 Å². The first-order valence-electron chi connectivity index (χ1n) is 7.05. The molecule has 0 unspecified atom stereocenters. The average Bonchev–Trinajstić information content (AvgIpc) is 2.54. The molecule has 10 heteroatoms. The van der Waals surface area contributed by atoms with E-state index in [1.165, 1.54) is 18.2 Å². The maximum Gasteiger partial charge on any atom is 1.00 e. The van der Waals surface area contributed by atoms with E-state index in [-0.39, 0.29) is 57.5 Å². The summed E-state index contributed by atoms with van der Waals surface area (Å²) >= 11 is 0. The largest absolute Gasteiger partial charge is 1.00 e. The molecule has 0 radical (unpaired) electrons. The van der Waals surface area contributed by atoms with Crippen molar-refractivity contribution in [3.8, 4) is 5.75 Å². The molecular formula is C16H13N4NaO4S. The molecule has 3 aromatic carbocycles. The van der Waals surface area contributed by atoms with Crippen molar-refractivity contribution in [1.29, 1.82) is 0 Å². The Hall–Kier alpha value is -2.17. The van der Waals surface area contributed by atoms with Crippen LogP contribution in [0, 0.1) is 0 Å². The molecule has 8 nitrogen and oxygen atoms in total. The fraction of sp³-hybridized carbons (Fsp3) is 0. The molecule has 0 amide bonds. The zero-order chi connectivity index (χ0) is 18.2. The molecule has 0 aliphatic carbocycles. The van der Waals surface area contributed by atoms with E-state index in [4.69, 9.17) is 11.5 Å². The molecule has 0 saturated carbocycles. The number of fused-ring (bicyclic) bond motifs is 1. The van der Waals surface area contributed by atoms with Gasteiger partial charge >= 0.3 is 29.6 Å². The normalized spacial score (nSPS) is 11.6. The van der Waals surface area contributed by atoms with Gasteiger partial charge < -0.3 is 21.1 Å². The molecule has 0 atom stereocenters. The van der Waals surface area contributed by atoms with Crippen molar-refractivity contribution in [1.82, 2.24) is 0 Å². The van der Waals surface area contributed by atoms with Crippen LogP contribution in [0.5, 0.6) is 5.75 Å². The molecule has 0 aromatic heterocycles. The number of rotatable bonds is 3. The third-order valence-corrected chi connectivity index (χ3v) is 4.46. The Balaban J connectivity index is 0.00000243. The number of nitrogens with two attached hydrogens (primary N) is 2. The summed E-state index contributed by atoms with van der Waals surface area (Å²) in [6.45, 7) is 0. The first kappa shape index (κ1) is 20.1. The Morgan fingerprint density at radius 2 is 1.58 bits per heavy atom. The van der Waals surface area contributed by atoms with E-state index in [9.17, 15) is 18.1 Å². The molecule has 0 saturated heterocycles. The van der Waals surface area contributed by atoms with Crippen molar-refractivity contribution < 1.29 is 47.6 Å². The van der Waals surface area contributed by atoms with Gasteiger partial charge in [-0.15, -0.1) is 5.11 Å². The topological polar surface area (TPSA) is 154 Å². The smallest absolute Gasteiger partial charge is 0.744 e. The zero-order valence-corrected chi connectivity index (χ0v) is 16.6. The number of phenolic OH excluding ortho intramolecular Hbond substituents is 1. The van der Waals surface area contributed by atoms with Gasteiger partial charge in [-0.05, 0) is 42.5 Å². The van der Waals surface area contributed by atoms with Crippen LogP contribution in [0.1, 0.15) is 0 Å². The minimum absolute atomic E-state index is 0. The number of aromatic hydroxyl groups is 1. The average molecular weight is 380 g/mol. The molecule has 0 bridgehead atoms. The summed E-state index contributed by atoms with van der Waals surface area (Å²) in [5.74, 6) is -0.361. The van der Waals surface area contributed by atoms with Crippen LogP contribution in [0.4, 0.5) is 22.7 Å². The van der Waals surface area contributed by atoms with Crippen molar-refractivity contribution >= 4 is 43.6 Å². The summed E-state index contributed by atoms with van der Waals surface area (Å²) in [5.41, 5.74) is 12.7. The van der Waals surface area contributed by atoms with E-state index in [1.54, 1.807) is 24.3 Å². The van der Waals surface area contributed by atoms with E-state index >= 15 is 0 Å². The number of phenols is 1. The van der Waals surface area contributed by atoms with E-state index in [0.29, 0.717) is 11.4 Å². The van der Waals surface area contributed by atoms with Gasteiger partial charge in [0.1, 0.15) is 15.8 Å². The number of anilines is 2. The first-order chi connectivity index (χ1) is 11.8. The second kappa shape index (κ2) is 7.60. The second-order valence-electron chi connectivity index (χ2n) is 5.25. The SMILES string of the molecule is Nc1ccc(N=Nc2ccc3c(S(=O)(=O)[O-])ccc(N)c3c2O)cc1.[Na+]. The van der Waals surface area contributed by atoms with Crippen molar-refractivity contribution in [3.05, 3.63) is 48.5 Å². The molecule has 3 aromatic rings. The maximum absolute atomic E-state index is 11.4. The molecular weight excluding hydrogens is 367 g/mol. The van der Waals surface area contributed by atoms with Crippen LogP contribution < -0.4 is 41.0 Å². The predicted molar refractivity (Wildman–Crippen MR) is 93.0 cm³/mol. The summed E-state index contributed by atoms with van der Waals surface area (Å²) in [4.78, 5) is -0.464. The summed E-state index contributed by atoms with van der Waals surface area (Å²) in [6.07, 6.45) is 0. The van der Waals surface area contributed by atoms with Gasteiger partial charge in [-0.25, -0.2) is 8.42 Å². The third kappa shape index (κ3) is 3.97. The monoisotopic (exact) mass is 380 g/mol. The fourth-order valence-electron chi connectivity index (χ4n) is 2.37. The number of hydrogen-bond donors (Lipinski definition) is 3. The van der Waals surface area contributed by atoms with Gasteiger partial charge in [0.15, 0.2) is 5.75 Å². The molecule has 3 rings (SSSR count). The third-order valence-electron chi connectivity index (χ3n) is 3.56. The molecule has 5 N–H and O–H groups in total. The Labute approximate surface area is 171 Å². The van der Waals surface area contributed by atoms with Crippen LogP contribution in [-0.2, 0) is 10.1 Å². The van der Waals surface area contributed by atoms with Gasteiger partial charge in [0, 0.05) is 16.8 Å². The van der Waals surface area contributed by atoms with Crippen LogP contribution in [0.2, 0.25) is 0 Å². The van der Waals surface area contributed by atoms with Gasteiger partial charge in [-0.3, -0.25) is 0 Å². The second-order valence-corrected chi connectivity index (χ2v) is 6.60. The summed E-state index contributed by atoms with van der Waals surface area (Å²) in [6, 6.07) is 11.7. The van der Waals surface area contributed by atoms with Gasteiger partial charge in [0.25, 0.3) is 0 Å². The van der Waals surface area contributed by atoms with Crippen molar-refractivity contribution in [2.45, 2.75) is 4.90 Å².